The summed E-state index contributed by atoms with van der Waals surface area (Å²) in [6.07, 6.45) is -32.4. The Hall–Kier alpha value is -1.67. The third kappa shape index (κ3) is 9.79. The third-order valence-corrected chi connectivity index (χ3v) is 21.0. The zero-order valence-corrected chi connectivity index (χ0v) is 44.9. The Labute approximate surface area is 447 Å². The van der Waals surface area contributed by atoms with Crippen molar-refractivity contribution in [2.45, 2.75) is 247 Å². The van der Waals surface area contributed by atoms with Crippen LogP contribution in [0.1, 0.15) is 106 Å². The monoisotopic (exact) mass is 1110 g/mol. The average molecular weight is 1110 g/mol. The van der Waals surface area contributed by atoms with Gasteiger partial charge in [-0.15, -0.1) is 0 Å². The maximum absolute atomic E-state index is 13.1. The summed E-state index contributed by atoms with van der Waals surface area (Å²) in [5.41, 5.74) is -1.73. The smallest absolute Gasteiger partial charge is 0.335 e. The molecular formula is C53H86O24. The summed E-state index contributed by atoms with van der Waals surface area (Å²) in [6.45, 7) is 12.8. The number of carboxylic acids is 1. The molecule has 29 atom stereocenters. The van der Waals surface area contributed by atoms with Crippen molar-refractivity contribution in [1.82, 2.24) is 0 Å². The molecule has 4 heterocycles. The van der Waals surface area contributed by atoms with Crippen LogP contribution in [0.15, 0.2) is 11.6 Å². The maximum Gasteiger partial charge on any atom is 0.335 e. The molecule has 0 amide bonds. The normalized spacial score (nSPS) is 54.5. The van der Waals surface area contributed by atoms with Crippen LogP contribution in [0.5, 0.6) is 0 Å². The quantitative estimate of drug-likeness (QED) is 0.0696. The second-order valence-electron chi connectivity index (χ2n) is 26.1. The Bertz CT molecular complexity index is 2130. The first-order chi connectivity index (χ1) is 35.9. The maximum atomic E-state index is 13.1. The lowest BCUT2D eigenvalue weighted by Crippen LogP contribution is -2.69. The van der Waals surface area contributed by atoms with Gasteiger partial charge in [-0.05, 0) is 96.7 Å². The number of rotatable bonds is 12. The van der Waals surface area contributed by atoms with Gasteiger partial charge in [0.2, 0.25) is 0 Å². The van der Waals surface area contributed by atoms with Crippen LogP contribution in [-0.2, 0) is 42.7 Å². The number of carbonyl (C=O) groups is 1. The number of ether oxygens (including phenoxy) is 8. The minimum atomic E-state index is -2.27. The van der Waals surface area contributed by atoms with Crippen molar-refractivity contribution in [3.8, 4) is 0 Å². The fourth-order valence-electron chi connectivity index (χ4n) is 16.3. The molecule has 24 heteroatoms. The van der Waals surface area contributed by atoms with Crippen LogP contribution >= 0.6 is 0 Å². The van der Waals surface area contributed by atoms with Crippen LogP contribution in [0.2, 0.25) is 0 Å². The first-order valence-electron chi connectivity index (χ1n) is 27.5. The molecule has 77 heavy (non-hydrogen) atoms. The van der Waals surface area contributed by atoms with Crippen molar-refractivity contribution < 1.29 is 119 Å². The van der Waals surface area contributed by atoms with Gasteiger partial charge in [0.05, 0.1) is 37.6 Å². The highest BCUT2D eigenvalue weighted by Crippen LogP contribution is 2.75. The van der Waals surface area contributed by atoms with E-state index in [1.54, 1.807) is 0 Å². The standard InChI is InChI=1S/C53H86O24/c1-48(2)14-15-53(69)22(16-48)21-8-9-27-50(5)12-11-29(49(3,4)26(50)10-13-51(27,6)52(21,7)17-28(53)57)73-47-42(77-45-37(65)34(62)31(59)24(19-55)71-45)39(38(66)40(75-47)43(67)68)74-46-41(35(63)32(60)25(20-56)72-46)76-44-36(64)33(61)30(58)23(18-54)70-44/h8,22-42,44-47,54-66,69H,9-20H2,1-7H3,(H,67,68)/t22-,23-,24-,25-,26+,27+,28-,29+,30-,31+,32+,33+,34+,35+,36-,37-,38+,39+,40+,41-,42-,44+,45+,46+,47-,50+,51-,52-,53-/m1/s1. The topological polar surface area (TPSA) is 394 Å². The molecule has 15 N–H and O–H groups in total. The Balaban J connectivity index is 1.05. The van der Waals surface area contributed by atoms with Gasteiger partial charge < -0.3 is 114 Å². The molecule has 9 rings (SSSR count). The van der Waals surface area contributed by atoms with Gasteiger partial charge in [0.1, 0.15) is 91.6 Å². The number of aliphatic carboxylic acids is 1. The highest BCUT2D eigenvalue weighted by Gasteiger charge is 2.70. The number of fused-ring (bicyclic) bond motifs is 7. The molecule has 0 aromatic heterocycles. The summed E-state index contributed by atoms with van der Waals surface area (Å²) in [7, 11) is 0. The summed E-state index contributed by atoms with van der Waals surface area (Å²) < 4.78 is 48.7. The number of carboxylic acid groups (broad SMARTS) is 1. The van der Waals surface area contributed by atoms with E-state index in [4.69, 9.17) is 37.9 Å². The largest absolute Gasteiger partial charge is 0.479 e. The van der Waals surface area contributed by atoms with Gasteiger partial charge in [-0.25, -0.2) is 4.79 Å². The number of allylic oxidation sites excluding steroid dienone is 1. The van der Waals surface area contributed by atoms with Gasteiger partial charge >= 0.3 is 5.97 Å². The van der Waals surface area contributed by atoms with E-state index < -0.39 is 177 Å². The molecule has 0 aromatic carbocycles. The molecule has 0 aromatic rings. The van der Waals surface area contributed by atoms with Crippen LogP contribution in [0.4, 0.5) is 0 Å². The fourth-order valence-corrected chi connectivity index (χ4v) is 16.3. The summed E-state index contributed by atoms with van der Waals surface area (Å²) in [6, 6.07) is 0. The summed E-state index contributed by atoms with van der Waals surface area (Å²) in [5, 5.41) is 164. The molecule has 4 saturated carbocycles. The van der Waals surface area contributed by atoms with Crippen molar-refractivity contribution in [2.24, 2.45) is 44.8 Å². The van der Waals surface area contributed by atoms with E-state index in [9.17, 15) is 81.4 Å². The van der Waals surface area contributed by atoms with Crippen LogP contribution in [-0.4, -0.2) is 243 Å². The molecule has 4 saturated heterocycles. The molecule has 0 unspecified atom stereocenters. The lowest BCUT2D eigenvalue weighted by atomic mass is 9.34. The third-order valence-electron chi connectivity index (χ3n) is 21.0. The van der Waals surface area contributed by atoms with Crippen molar-refractivity contribution in [3.63, 3.8) is 0 Å². The Morgan fingerprint density at radius 2 is 1.08 bits per heavy atom. The minimum absolute atomic E-state index is 0.0119. The van der Waals surface area contributed by atoms with Gasteiger partial charge in [-0.2, -0.15) is 0 Å². The molecule has 8 fully saturated rings. The molecule has 9 aliphatic rings. The number of hydrogen-bond acceptors (Lipinski definition) is 23. The molecule has 4 aliphatic heterocycles. The summed E-state index contributed by atoms with van der Waals surface area (Å²) in [4.78, 5) is 13.1. The van der Waals surface area contributed by atoms with Crippen molar-refractivity contribution in [1.29, 1.82) is 0 Å². The zero-order chi connectivity index (χ0) is 56.4. The summed E-state index contributed by atoms with van der Waals surface area (Å²) in [5.74, 6) is -1.81. The van der Waals surface area contributed by atoms with Gasteiger partial charge in [0.15, 0.2) is 31.3 Å². The second-order valence-corrected chi connectivity index (χ2v) is 26.1. The van der Waals surface area contributed by atoms with E-state index in [0.717, 1.165) is 32.1 Å². The van der Waals surface area contributed by atoms with E-state index in [1.807, 2.05) is 0 Å². The van der Waals surface area contributed by atoms with Crippen LogP contribution in [0.3, 0.4) is 0 Å². The summed E-state index contributed by atoms with van der Waals surface area (Å²) >= 11 is 0. The molecule has 5 aliphatic carbocycles. The predicted molar refractivity (Wildman–Crippen MR) is 260 cm³/mol. The van der Waals surface area contributed by atoms with E-state index >= 15 is 0 Å². The molecule has 0 spiro atoms. The average Bonchev–Trinajstić information content (AvgIpc) is 3.51. The van der Waals surface area contributed by atoms with Gasteiger partial charge in [0, 0.05) is 5.92 Å². The Kier molecular flexibility index (Phi) is 16.7. The first-order valence-corrected chi connectivity index (χ1v) is 27.5. The molecular weight excluding hydrogens is 1020 g/mol. The van der Waals surface area contributed by atoms with Gasteiger partial charge in [-0.3, -0.25) is 0 Å². The highest BCUT2D eigenvalue weighted by atomic mass is 16.8. The SMILES string of the molecule is CC1(C)CC[C@]2(O)[C@H](O)C[C@]3(C)C(=CC[C@H]4[C@@]5(C)CC[C@H](O[C@@H]6O[C@H](C(=O)O)[C@@H](O)[C@H](O[C@@H]7O[C@H](CO)[C@H](O)[C@H](O)[C@H]7O[C@@H]7O[C@H](CO)[C@@H](O)[C@H](O)[C@H]7O)[C@H]6O[C@@H]6O[C@H](CO)[C@H](O)[C@H](O)[C@H]6O)C(C)(C)[C@@H]5CC[C@]43C)[C@H]2C1. The molecule has 442 valence electrons. The number of hydrogen-bond donors (Lipinski definition) is 15. The molecule has 24 nitrogen and oxygen atoms in total. The minimum Gasteiger partial charge on any atom is -0.479 e. The fraction of sp³-hybridized carbons (Fsp3) is 0.943. The lowest BCUT2D eigenvalue weighted by Gasteiger charge is -2.71. The number of aliphatic hydroxyl groups is 14. The lowest BCUT2D eigenvalue weighted by molar-refractivity contribution is -0.407. The predicted octanol–water partition coefficient (Wildman–Crippen LogP) is -2.75. The van der Waals surface area contributed by atoms with Gasteiger partial charge in [-0.1, -0.05) is 60.1 Å². The van der Waals surface area contributed by atoms with Gasteiger partial charge in [0.25, 0.3) is 0 Å². The van der Waals surface area contributed by atoms with Crippen LogP contribution in [0.25, 0.3) is 0 Å². The first kappa shape index (κ1) is 59.9. The van der Waals surface area contributed by atoms with Crippen molar-refractivity contribution in [2.75, 3.05) is 19.8 Å². The van der Waals surface area contributed by atoms with E-state index in [0.29, 0.717) is 25.7 Å². The second kappa shape index (κ2) is 21.5. The van der Waals surface area contributed by atoms with E-state index in [-0.39, 0.29) is 34.0 Å². The Morgan fingerprint density at radius 1 is 0.558 bits per heavy atom. The zero-order valence-electron chi connectivity index (χ0n) is 44.9. The van der Waals surface area contributed by atoms with E-state index in [2.05, 4.69) is 54.5 Å². The number of aliphatic hydroxyl groups excluding tert-OH is 13. The highest BCUT2D eigenvalue weighted by molar-refractivity contribution is 5.73. The van der Waals surface area contributed by atoms with Crippen molar-refractivity contribution >= 4 is 5.97 Å². The van der Waals surface area contributed by atoms with Crippen molar-refractivity contribution in [3.05, 3.63) is 11.6 Å². The van der Waals surface area contributed by atoms with E-state index in [1.165, 1.54) is 5.57 Å². The Morgan fingerprint density at radius 3 is 1.64 bits per heavy atom. The molecule has 0 radical (unpaired) electrons. The van der Waals surface area contributed by atoms with Crippen LogP contribution in [0, 0.1) is 44.8 Å². The molecule has 0 bridgehead atoms. The van der Waals surface area contributed by atoms with Crippen LogP contribution < -0.4 is 0 Å².